The third kappa shape index (κ3) is 3.70. The molecule has 1 rings (SSSR count). The summed E-state index contributed by atoms with van der Waals surface area (Å²) in [5.41, 5.74) is 3.59. The molecule has 0 radical (unpaired) electrons. The first kappa shape index (κ1) is 8.97. The molecule has 1 heterocycles. The number of nitrogens with zero attached hydrogens (tertiary/aromatic N) is 1. The molecule has 0 atom stereocenters. The molecule has 0 aliphatic carbocycles. The molecule has 0 aromatic heterocycles. The maximum Gasteiger partial charge on any atom is 0.0608 e. The molecule has 3 nitrogen and oxygen atoms in total. The van der Waals surface area contributed by atoms with Gasteiger partial charge in [0.05, 0.1) is 13.2 Å². The summed E-state index contributed by atoms with van der Waals surface area (Å²) in [5.74, 6) is 0. The van der Waals surface area contributed by atoms with Crippen molar-refractivity contribution in [1.82, 2.24) is 10.4 Å². The van der Waals surface area contributed by atoms with Crippen LogP contribution in [-0.2, 0) is 4.74 Å². The monoisotopic (exact) mass is 158 g/mol. The van der Waals surface area contributed by atoms with E-state index in [1.54, 1.807) is 0 Å². The third-order valence-corrected chi connectivity index (χ3v) is 1.50. The Morgan fingerprint density at radius 2 is 1.73 bits per heavy atom. The van der Waals surface area contributed by atoms with Crippen molar-refractivity contribution in [1.29, 1.82) is 0 Å². The molecule has 0 spiro atoms. The van der Waals surface area contributed by atoms with Crippen LogP contribution in [0.3, 0.4) is 0 Å². The van der Waals surface area contributed by atoms with Gasteiger partial charge in [0.25, 0.3) is 0 Å². The van der Waals surface area contributed by atoms with Crippen molar-refractivity contribution in [2.24, 2.45) is 0 Å². The second-order valence-corrected chi connectivity index (χ2v) is 3.96. The maximum absolute atomic E-state index is 5.23. The van der Waals surface area contributed by atoms with E-state index in [-0.39, 0.29) is 5.54 Å². The predicted octanol–water partition coefficient (Wildman–Crippen LogP) is 0.622. The van der Waals surface area contributed by atoms with Crippen LogP contribution >= 0.6 is 0 Å². The van der Waals surface area contributed by atoms with Crippen molar-refractivity contribution in [2.75, 3.05) is 26.3 Å². The van der Waals surface area contributed by atoms with Gasteiger partial charge < -0.3 is 4.74 Å². The fourth-order valence-corrected chi connectivity index (χ4v) is 1.15. The van der Waals surface area contributed by atoms with E-state index in [1.807, 2.05) is 0 Å². The summed E-state index contributed by atoms with van der Waals surface area (Å²) in [6, 6.07) is 0. The first-order valence-corrected chi connectivity index (χ1v) is 4.18. The summed E-state index contributed by atoms with van der Waals surface area (Å²) < 4.78 is 5.23. The van der Waals surface area contributed by atoms with Crippen LogP contribution in [0.5, 0.6) is 0 Å². The molecule has 11 heavy (non-hydrogen) atoms. The fraction of sp³-hybridized carbons (Fsp3) is 1.00. The van der Waals surface area contributed by atoms with Crippen molar-refractivity contribution in [3.8, 4) is 0 Å². The Labute approximate surface area is 68.7 Å². The molecule has 1 aliphatic heterocycles. The van der Waals surface area contributed by atoms with Crippen molar-refractivity contribution in [2.45, 2.75) is 26.3 Å². The zero-order valence-electron chi connectivity index (χ0n) is 7.68. The highest BCUT2D eigenvalue weighted by Crippen LogP contribution is 2.02. The Balaban J connectivity index is 2.24. The average Bonchev–Trinajstić information content (AvgIpc) is 1.85. The lowest BCUT2D eigenvalue weighted by Crippen LogP contribution is -2.53. The molecular weight excluding hydrogens is 140 g/mol. The third-order valence-electron chi connectivity index (χ3n) is 1.50. The maximum atomic E-state index is 5.23. The highest BCUT2D eigenvalue weighted by Gasteiger charge is 2.16. The highest BCUT2D eigenvalue weighted by atomic mass is 16.5. The van der Waals surface area contributed by atoms with Crippen LogP contribution in [-0.4, -0.2) is 36.9 Å². The zero-order valence-corrected chi connectivity index (χ0v) is 7.68. The molecule has 66 valence electrons. The lowest BCUT2D eigenvalue weighted by molar-refractivity contribution is -0.00481. The van der Waals surface area contributed by atoms with Gasteiger partial charge in [-0.3, -0.25) is 0 Å². The summed E-state index contributed by atoms with van der Waals surface area (Å²) in [7, 11) is 0. The molecule has 1 saturated heterocycles. The quantitative estimate of drug-likeness (QED) is 0.605. The van der Waals surface area contributed by atoms with Gasteiger partial charge in [0.1, 0.15) is 0 Å². The minimum Gasteiger partial charge on any atom is -0.379 e. The average molecular weight is 158 g/mol. The van der Waals surface area contributed by atoms with Crippen LogP contribution in [0.25, 0.3) is 0 Å². The van der Waals surface area contributed by atoms with Crippen molar-refractivity contribution < 1.29 is 4.74 Å². The Kier molecular flexibility index (Phi) is 2.87. The standard InChI is InChI=1S/C8H18N2O/c1-8(2,3)9-10-4-6-11-7-5-10/h9H,4-7H2,1-3H3. The minimum absolute atomic E-state index is 0.178. The highest BCUT2D eigenvalue weighted by molar-refractivity contribution is 4.70. The number of ether oxygens (including phenoxy) is 1. The molecule has 0 bridgehead atoms. The molecule has 1 aliphatic rings. The van der Waals surface area contributed by atoms with Crippen LogP contribution in [0.4, 0.5) is 0 Å². The predicted molar refractivity (Wildman–Crippen MR) is 45.3 cm³/mol. The lowest BCUT2D eigenvalue weighted by atomic mass is 10.1. The van der Waals surface area contributed by atoms with Crippen LogP contribution < -0.4 is 5.43 Å². The van der Waals surface area contributed by atoms with E-state index in [4.69, 9.17) is 4.74 Å². The second kappa shape index (κ2) is 3.52. The summed E-state index contributed by atoms with van der Waals surface area (Å²) >= 11 is 0. The topological polar surface area (TPSA) is 24.5 Å². The largest absolute Gasteiger partial charge is 0.379 e. The Morgan fingerprint density at radius 1 is 1.18 bits per heavy atom. The van der Waals surface area contributed by atoms with Gasteiger partial charge in [0.15, 0.2) is 0 Å². The lowest BCUT2D eigenvalue weighted by Gasteiger charge is -2.33. The van der Waals surface area contributed by atoms with Gasteiger partial charge in [-0.25, -0.2) is 10.4 Å². The van der Waals surface area contributed by atoms with E-state index in [0.29, 0.717) is 0 Å². The summed E-state index contributed by atoms with van der Waals surface area (Å²) in [4.78, 5) is 0. The summed E-state index contributed by atoms with van der Waals surface area (Å²) in [6.45, 7) is 10.2. The van der Waals surface area contributed by atoms with Crippen LogP contribution in [0.2, 0.25) is 0 Å². The Morgan fingerprint density at radius 3 is 2.18 bits per heavy atom. The SMILES string of the molecule is CC(C)(C)NN1CCOCC1. The number of hydrazine groups is 1. The van der Waals surface area contributed by atoms with E-state index in [9.17, 15) is 0 Å². The number of hydrogen-bond acceptors (Lipinski definition) is 3. The molecule has 0 unspecified atom stereocenters. The summed E-state index contributed by atoms with van der Waals surface area (Å²) in [6.07, 6.45) is 0. The van der Waals surface area contributed by atoms with Crippen LogP contribution in [0.15, 0.2) is 0 Å². The van der Waals surface area contributed by atoms with E-state index in [0.717, 1.165) is 26.3 Å². The Bertz CT molecular complexity index is 114. The molecule has 3 heteroatoms. The fourth-order valence-electron chi connectivity index (χ4n) is 1.15. The molecule has 1 N–H and O–H groups in total. The minimum atomic E-state index is 0.178. The van der Waals surface area contributed by atoms with Gasteiger partial charge >= 0.3 is 0 Å². The molecule has 0 aromatic rings. The molecule has 0 saturated carbocycles. The van der Waals surface area contributed by atoms with Gasteiger partial charge in [0, 0.05) is 18.6 Å². The van der Waals surface area contributed by atoms with Crippen molar-refractivity contribution >= 4 is 0 Å². The van der Waals surface area contributed by atoms with Gasteiger partial charge in [-0.15, -0.1) is 0 Å². The first-order chi connectivity index (χ1) is 5.08. The zero-order chi connectivity index (χ0) is 8.32. The van der Waals surface area contributed by atoms with E-state index < -0.39 is 0 Å². The number of morpholine rings is 1. The molecular formula is C8H18N2O. The van der Waals surface area contributed by atoms with Crippen molar-refractivity contribution in [3.63, 3.8) is 0 Å². The summed E-state index contributed by atoms with van der Waals surface area (Å²) in [5, 5.41) is 2.23. The van der Waals surface area contributed by atoms with Crippen LogP contribution in [0, 0.1) is 0 Å². The van der Waals surface area contributed by atoms with Gasteiger partial charge in [0.2, 0.25) is 0 Å². The second-order valence-electron chi connectivity index (χ2n) is 3.96. The normalized spacial score (nSPS) is 22.1. The molecule has 0 aromatic carbocycles. The molecule has 0 amide bonds. The van der Waals surface area contributed by atoms with Gasteiger partial charge in [-0.05, 0) is 20.8 Å². The number of nitrogens with one attached hydrogen (secondary N) is 1. The first-order valence-electron chi connectivity index (χ1n) is 4.18. The van der Waals surface area contributed by atoms with Gasteiger partial charge in [-0.2, -0.15) is 0 Å². The van der Waals surface area contributed by atoms with Crippen molar-refractivity contribution in [3.05, 3.63) is 0 Å². The Hall–Kier alpha value is -0.120. The number of hydrogen-bond donors (Lipinski definition) is 1. The van der Waals surface area contributed by atoms with E-state index >= 15 is 0 Å². The number of rotatable bonds is 1. The van der Waals surface area contributed by atoms with Crippen LogP contribution in [0.1, 0.15) is 20.8 Å². The van der Waals surface area contributed by atoms with E-state index in [2.05, 4.69) is 31.2 Å². The smallest absolute Gasteiger partial charge is 0.0608 e. The van der Waals surface area contributed by atoms with Gasteiger partial charge in [-0.1, -0.05) is 0 Å². The van der Waals surface area contributed by atoms with E-state index in [1.165, 1.54) is 0 Å². The molecule has 1 fully saturated rings.